The van der Waals surface area contributed by atoms with Crippen molar-refractivity contribution in [2.75, 3.05) is 75.2 Å². The van der Waals surface area contributed by atoms with Crippen molar-refractivity contribution in [3.8, 4) is 5.88 Å². The highest BCUT2D eigenvalue weighted by Crippen LogP contribution is 2.21. The maximum absolute atomic E-state index is 12.8. The van der Waals surface area contributed by atoms with E-state index in [4.69, 9.17) is 14.2 Å². The van der Waals surface area contributed by atoms with Crippen molar-refractivity contribution in [1.82, 2.24) is 29.7 Å². The van der Waals surface area contributed by atoms with Gasteiger partial charge in [0.15, 0.2) is 5.82 Å². The third-order valence-corrected chi connectivity index (χ3v) is 6.70. The second-order valence-electron chi connectivity index (χ2n) is 9.42. The fourth-order valence-electron chi connectivity index (χ4n) is 4.45. The molecule has 2 aliphatic rings. The zero-order chi connectivity index (χ0) is 27.6. The van der Waals surface area contributed by atoms with Gasteiger partial charge in [-0.25, -0.2) is 24.5 Å². The number of aromatic nitrogens is 4. The molecule has 0 aliphatic carbocycles. The quantitative estimate of drug-likeness (QED) is 0.479. The number of hydrogen-bond acceptors (Lipinski definition) is 11. The first-order valence-corrected chi connectivity index (χ1v) is 13.2. The number of amides is 3. The molecule has 0 radical (unpaired) electrons. The van der Waals surface area contributed by atoms with Crippen molar-refractivity contribution in [3.63, 3.8) is 0 Å². The second-order valence-corrected chi connectivity index (χ2v) is 9.42. The highest BCUT2D eigenvalue weighted by molar-refractivity contribution is 5.88. The molecule has 1 unspecified atom stereocenters. The Bertz CT molecular complexity index is 1080. The van der Waals surface area contributed by atoms with E-state index in [2.05, 4.69) is 35.5 Å². The summed E-state index contributed by atoms with van der Waals surface area (Å²) in [5, 5.41) is 5.46. The standard InChI is InChI=1S/C25H37N9O5/c1-4-38-22-15-27-21(14-28-22)30-24(35)32(3)19-6-5-9-34(16-19)23-26-8-7-20(29-23)31-25(36)39-17-18(2)33-10-12-37-13-11-33/h7-8,14-15,18-19H,4-6,9-13,16-17H2,1-3H3,(H,27,30,35)(H,26,29,31,36)/t18?,19-/m1/s1. The number of nitrogens with one attached hydrogen (secondary N) is 2. The Morgan fingerprint density at radius 2 is 1.97 bits per heavy atom. The van der Waals surface area contributed by atoms with E-state index in [1.807, 2.05) is 18.7 Å². The van der Waals surface area contributed by atoms with Crippen molar-refractivity contribution >= 4 is 29.7 Å². The maximum atomic E-state index is 12.8. The van der Waals surface area contributed by atoms with Gasteiger partial charge in [-0.15, -0.1) is 0 Å². The van der Waals surface area contributed by atoms with Gasteiger partial charge in [0.05, 0.1) is 38.3 Å². The van der Waals surface area contributed by atoms with Crippen LogP contribution in [0.5, 0.6) is 5.88 Å². The second kappa shape index (κ2) is 13.8. The third kappa shape index (κ3) is 8.10. The van der Waals surface area contributed by atoms with Gasteiger partial charge in [-0.05, 0) is 32.8 Å². The van der Waals surface area contributed by atoms with Crippen molar-refractivity contribution in [2.45, 2.75) is 38.8 Å². The molecular formula is C25H37N9O5. The van der Waals surface area contributed by atoms with Crippen LogP contribution in [0.25, 0.3) is 0 Å². The molecule has 2 atom stereocenters. The van der Waals surface area contributed by atoms with Crippen LogP contribution in [-0.2, 0) is 9.47 Å². The molecule has 0 saturated carbocycles. The van der Waals surface area contributed by atoms with E-state index in [-0.39, 0.29) is 24.7 Å². The van der Waals surface area contributed by atoms with Gasteiger partial charge in [-0.2, -0.15) is 4.98 Å². The number of carbonyl (C=O) groups is 2. The fraction of sp³-hybridized carbons (Fsp3) is 0.600. The molecule has 14 nitrogen and oxygen atoms in total. The number of likely N-dealkylation sites (N-methyl/N-ethyl adjacent to an activating group) is 1. The maximum Gasteiger partial charge on any atom is 0.412 e. The van der Waals surface area contributed by atoms with Gasteiger partial charge >= 0.3 is 12.1 Å². The Balaban J connectivity index is 1.28. The average Bonchev–Trinajstić information content (AvgIpc) is 2.97. The van der Waals surface area contributed by atoms with Gasteiger partial charge in [0.2, 0.25) is 11.8 Å². The lowest BCUT2D eigenvalue weighted by Crippen LogP contribution is -2.50. The molecule has 4 heterocycles. The molecule has 3 amide bonds. The predicted molar refractivity (Wildman–Crippen MR) is 144 cm³/mol. The number of hydrogen-bond donors (Lipinski definition) is 2. The Morgan fingerprint density at radius 3 is 2.72 bits per heavy atom. The molecule has 2 saturated heterocycles. The summed E-state index contributed by atoms with van der Waals surface area (Å²) in [6.45, 7) is 8.96. The van der Waals surface area contributed by atoms with E-state index < -0.39 is 6.09 Å². The number of anilines is 3. The van der Waals surface area contributed by atoms with E-state index in [0.717, 1.165) is 32.5 Å². The number of piperidine rings is 1. The van der Waals surface area contributed by atoms with Crippen LogP contribution < -0.4 is 20.3 Å². The SMILES string of the molecule is CCOc1cnc(NC(=O)N(C)[C@@H]2CCCN(c3nccc(NC(=O)OCC(C)N4CCOCC4)n3)C2)cn1. The molecule has 2 aromatic rings. The van der Waals surface area contributed by atoms with Crippen molar-refractivity contribution < 1.29 is 23.8 Å². The van der Waals surface area contributed by atoms with Crippen LogP contribution in [-0.4, -0.2) is 114 Å². The normalized spacial score (nSPS) is 18.6. The highest BCUT2D eigenvalue weighted by atomic mass is 16.5. The Labute approximate surface area is 228 Å². The average molecular weight is 544 g/mol. The molecular weight excluding hydrogens is 506 g/mol. The minimum Gasteiger partial charge on any atom is -0.477 e. The zero-order valence-electron chi connectivity index (χ0n) is 22.7. The Kier molecular flexibility index (Phi) is 10.0. The van der Waals surface area contributed by atoms with Gasteiger partial charge < -0.3 is 24.0 Å². The summed E-state index contributed by atoms with van der Waals surface area (Å²) in [6.07, 6.45) is 5.66. The summed E-state index contributed by atoms with van der Waals surface area (Å²) in [5.74, 6) is 1.58. The summed E-state index contributed by atoms with van der Waals surface area (Å²) >= 11 is 0. The first-order valence-electron chi connectivity index (χ1n) is 13.2. The van der Waals surface area contributed by atoms with E-state index in [1.165, 1.54) is 12.4 Å². The summed E-state index contributed by atoms with van der Waals surface area (Å²) < 4.78 is 16.1. The van der Waals surface area contributed by atoms with Crippen LogP contribution in [0, 0.1) is 0 Å². The van der Waals surface area contributed by atoms with Crippen LogP contribution in [0.3, 0.4) is 0 Å². The van der Waals surface area contributed by atoms with E-state index >= 15 is 0 Å². The molecule has 0 bridgehead atoms. The van der Waals surface area contributed by atoms with Gasteiger partial charge in [-0.1, -0.05) is 0 Å². The molecule has 2 N–H and O–H groups in total. The van der Waals surface area contributed by atoms with E-state index in [1.54, 1.807) is 24.2 Å². The number of ether oxygens (including phenoxy) is 3. The molecule has 2 aliphatic heterocycles. The summed E-state index contributed by atoms with van der Waals surface area (Å²) in [5.41, 5.74) is 0. The number of rotatable bonds is 9. The number of morpholine rings is 1. The van der Waals surface area contributed by atoms with Crippen LogP contribution in [0.15, 0.2) is 24.7 Å². The molecule has 4 rings (SSSR count). The van der Waals surface area contributed by atoms with Crippen molar-refractivity contribution in [1.29, 1.82) is 0 Å². The van der Waals surface area contributed by atoms with E-state index in [9.17, 15) is 9.59 Å². The molecule has 0 aromatic carbocycles. The third-order valence-electron chi connectivity index (χ3n) is 6.70. The van der Waals surface area contributed by atoms with Crippen LogP contribution in [0.4, 0.5) is 27.2 Å². The molecule has 2 aromatic heterocycles. The Hall–Kier alpha value is -3.78. The van der Waals surface area contributed by atoms with Gasteiger partial charge in [0.25, 0.3) is 0 Å². The van der Waals surface area contributed by atoms with Gasteiger partial charge in [0, 0.05) is 45.5 Å². The largest absolute Gasteiger partial charge is 0.477 e. The first-order chi connectivity index (χ1) is 18.9. The molecule has 14 heteroatoms. The highest BCUT2D eigenvalue weighted by Gasteiger charge is 2.28. The first kappa shape index (κ1) is 28.2. The zero-order valence-corrected chi connectivity index (χ0v) is 22.7. The lowest BCUT2D eigenvalue weighted by molar-refractivity contribution is 0.00609. The van der Waals surface area contributed by atoms with Gasteiger partial charge in [0.1, 0.15) is 12.4 Å². The fourth-order valence-corrected chi connectivity index (χ4v) is 4.45. The van der Waals surface area contributed by atoms with Crippen LogP contribution >= 0.6 is 0 Å². The minimum atomic E-state index is -0.565. The van der Waals surface area contributed by atoms with Crippen molar-refractivity contribution in [3.05, 3.63) is 24.7 Å². The van der Waals surface area contributed by atoms with E-state index in [0.29, 0.717) is 49.8 Å². The van der Waals surface area contributed by atoms with Crippen LogP contribution in [0.1, 0.15) is 26.7 Å². The number of carbonyl (C=O) groups excluding carboxylic acids is 2. The number of urea groups is 1. The summed E-state index contributed by atoms with van der Waals surface area (Å²) in [7, 11) is 1.75. The molecule has 212 valence electrons. The Morgan fingerprint density at radius 1 is 1.15 bits per heavy atom. The lowest BCUT2D eigenvalue weighted by Gasteiger charge is -2.37. The van der Waals surface area contributed by atoms with Crippen molar-refractivity contribution in [2.24, 2.45) is 0 Å². The van der Waals surface area contributed by atoms with Crippen LogP contribution in [0.2, 0.25) is 0 Å². The lowest BCUT2D eigenvalue weighted by atomic mass is 10.1. The topological polar surface area (TPSA) is 147 Å². The molecule has 39 heavy (non-hydrogen) atoms. The smallest absolute Gasteiger partial charge is 0.412 e. The minimum absolute atomic E-state index is 0.0683. The summed E-state index contributed by atoms with van der Waals surface area (Å²) in [6, 6.07) is 1.36. The monoisotopic (exact) mass is 543 g/mol. The van der Waals surface area contributed by atoms with Gasteiger partial charge in [-0.3, -0.25) is 15.5 Å². The molecule has 2 fully saturated rings. The number of nitrogens with zero attached hydrogens (tertiary/aromatic N) is 7. The predicted octanol–water partition coefficient (Wildman–Crippen LogP) is 2.07. The summed E-state index contributed by atoms with van der Waals surface area (Å²) in [4.78, 5) is 48.3. The molecule has 0 spiro atoms.